The van der Waals surface area contributed by atoms with E-state index < -0.39 is 0 Å². The Morgan fingerprint density at radius 3 is 2.20 bits per heavy atom. The molecule has 5 nitrogen and oxygen atoms in total. The third kappa shape index (κ3) is 5.33. The molecular weight excluding hydrogens is 374 g/mol. The van der Waals surface area contributed by atoms with Crippen LogP contribution >= 0.6 is 0 Å². The Kier molecular flexibility index (Phi) is 6.90. The average Bonchev–Trinajstić information content (AvgIpc) is 2.81. The second-order valence-corrected chi connectivity index (χ2v) is 8.48. The van der Waals surface area contributed by atoms with Crippen molar-refractivity contribution < 1.29 is 9.53 Å². The number of ether oxygens (including phenoxy) is 1. The van der Waals surface area contributed by atoms with Gasteiger partial charge >= 0.3 is 0 Å². The van der Waals surface area contributed by atoms with E-state index in [0.717, 1.165) is 57.4 Å². The van der Waals surface area contributed by atoms with Crippen LogP contribution in [0.2, 0.25) is 0 Å². The van der Waals surface area contributed by atoms with E-state index in [2.05, 4.69) is 52.3 Å². The molecule has 4 rings (SSSR count). The van der Waals surface area contributed by atoms with Crippen molar-refractivity contribution in [2.45, 2.75) is 19.3 Å². The lowest BCUT2D eigenvalue weighted by atomic mass is 9.90. The zero-order chi connectivity index (χ0) is 20.8. The fraction of sp³-hybridized carbons (Fsp3) is 0.480. The quantitative estimate of drug-likeness (QED) is 0.736. The Balaban J connectivity index is 1.19. The highest BCUT2D eigenvalue weighted by Gasteiger charge is 2.25. The number of piperazine rings is 1. The summed E-state index contributed by atoms with van der Waals surface area (Å²) < 4.78 is 5.24. The van der Waals surface area contributed by atoms with Crippen molar-refractivity contribution in [2.24, 2.45) is 5.92 Å². The second kappa shape index (κ2) is 9.98. The van der Waals surface area contributed by atoms with Crippen LogP contribution < -0.4 is 9.64 Å². The fourth-order valence-corrected chi connectivity index (χ4v) is 4.59. The molecule has 30 heavy (non-hydrogen) atoms. The summed E-state index contributed by atoms with van der Waals surface area (Å²) in [6, 6.07) is 18.9. The van der Waals surface area contributed by atoms with E-state index in [1.165, 1.54) is 24.1 Å². The molecule has 2 fully saturated rings. The van der Waals surface area contributed by atoms with Crippen LogP contribution in [0.3, 0.4) is 0 Å². The number of carbonyl (C=O) groups excluding carboxylic acids is 1. The maximum absolute atomic E-state index is 12.8. The van der Waals surface area contributed by atoms with E-state index in [9.17, 15) is 4.79 Å². The Morgan fingerprint density at radius 1 is 0.900 bits per heavy atom. The summed E-state index contributed by atoms with van der Waals surface area (Å²) in [6.45, 7) is 6.02. The Hall–Kier alpha value is -2.53. The lowest BCUT2D eigenvalue weighted by Crippen LogP contribution is -2.52. The van der Waals surface area contributed by atoms with Crippen LogP contribution in [-0.2, 0) is 11.2 Å². The molecular formula is C25H33N3O2. The van der Waals surface area contributed by atoms with Gasteiger partial charge in [0.2, 0.25) is 5.91 Å². The SMILES string of the molecule is COc1ccc(N2CCN(C(=O)CN3CCC(Cc4ccccc4)CC3)CC2)cc1. The van der Waals surface area contributed by atoms with Gasteiger partial charge in [-0.15, -0.1) is 0 Å². The number of rotatable bonds is 6. The molecule has 0 atom stereocenters. The van der Waals surface area contributed by atoms with E-state index in [1.807, 2.05) is 17.0 Å². The minimum atomic E-state index is 0.283. The van der Waals surface area contributed by atoms with Crippen LogP contribution in [-0.4, -0.2) is 68.6 Å². The minimum absolute atomic E-state index is 0.283. The molecule has 0 unspecified atom stereocenters. The lowest BCUT2D eigenvalue weighted by Gasteiger charge is -2.38. The number of likely N-dealkylation sites (tertiary alicyclic amines) is 1. The summed E-state index contributed by atoms with van der Waals surface area (Å²) >= 11 is 0. The largest absolute Gasteiger partial charge is 0.497 e. The predicted molar refractivity (Wildman–Crippen MR) is 121 cm³/mol. The van der Waals surface area contributed by atoms with Gasteiger partial charge in [-0.3, -0.25) is 9.69 Å². The Bertz CT molecular complexity index is 793. The topological polar surface area (TPSA) is 36.0 Å². The van der Waals surface area contributed by atoms with Crippen LogP contribution in [0.15, 0.2) is 54.6 Å². The fourth-order valence-electron chi connectivity index (χ4n) is 4.59. The molecule has 5 heteroatoms. The first-order valence-corrected chi connectivity index (χ1v) is 11.1. The van der Waals surface area contributed by atoms with Gasteiger partial charge in [0.25, 0.3) is 0 Å². The molecule has 0 aromatic heterocycles. The van der Waals surface area contributed by atoms with Gasteiger partial charge in [0.15, 0.2) is 0 Å². The zero-order valence-electron chi connectivity index (χ0n) is 18.0. The number of amides is 1. The third-order valence-electron chi connectivity index (χ3n) is 6.50. The van der Waals surface area contributed by atoms with Crippen molar-refractivity contribution >= 4 is 11.6 Å². The summed E-state index contributed by atoms with van der Waals surface area (Å²) in [4.78, 5) is 19.5. The first kappa shape index (κ1) is 20.7. The number of carbonyl (C=O) groups is 1. The predicted octanol–water partition coefficient (Wildman–Crippen LogP) is 3.30. The van der Waals surface area contributed by atoms with Gasteiger partial charge in [-0.2, -0.15) is 0 Å². The molecule has 2 aromatic rings. The lowest BCUT2D eigenvalue weighted by molar-refractivity contribution is -0.133. The number of hydrogen-bond acceptors (Lipinski definition) is 4. The molecule has 2 aliphatic heterocycles. The van der Waals surface area contributed by atoms with Crippen LogP contribution in [0.5, 0.6) is 5.75 Å². The summed E-state index contributed by atoms with van der Waals surface area (Å²) in [7, 11) is 1.69. The number of nitrogens with zero attached hydrogens (tertiary/aromatic N) is 3. The van der Waals surface area contributed by atoms with Gasteiger partial charge in [-0.1, -0.05) is 30.3 Å². The maximum atomic E-state index is 12.8. The second-order valence-electron chi connectivity index (χ2n) is 8.48. The summed E-state index contributed by atoms with van der Waals surface area (Å²) in [6.07, 6.45) is 3.54. The van der Waals surface area contributed by atoms with Crippen LogP contribution in [0, 0.1) is 5.92 Å². The van der Waals surface area contributed by atoms with E-state index in [0.29, 0.717) is 6.54 Å². The zero-order valence-corrected chi connectivity index (χ0v) is 18.0. The van der Waals surface area contributed by atoms with Gasteiger partial charge in [0, 0.05) is 31.9 Å². The molecule has 0 spiro atoms. The average molecular weight is 408 g/mol. The molecule has 2 saturated heterocycles. The highest BCUT2D eigenvalue weighted by atomic mass is 16.5. The molecule has 0 aliphatic carbocycles. The molecule has 2 aliphatic rings. The van der Waals surface area contributed by atoms with Gasteiger partial charge in [0.05, 0.1) is 13.7 Å². The first-order valence-electron chi connectivity index (χ1n) is 11.1. The molecule has 160 valence electrons. The van der Waals surface area contributed by atoms with Crippen molar-refractivity contribution in [3.05, 3.63) is 60.2 Å². The highest BCUT2D eigenvalue weighted by molar-refractivity contribution is 5.78. The van der Waals surface area contributed by atoms with Gasteiger partial charge < -0.3 is 14.5 Å². The van der Waals surface area contributed by atoms with E-state index in [1.54, 1.807) is 7.11 Å². The number of benzene rings is 2. The summed E-state index contributed by atoms with van der Waals surface area (Å²) in [5.74, 6) is 1.90. The highest BCUT2D eigenvalue weighted by Crippen LogP contribution is 2.23. The molecule has 2 heterocycles. The molecule has 0 N–H and O–H groups in total. The molecule has 0 saturated carbocycles. The molecule has 1 amide bonds. The Morgan fingerprint density at radius 2 is 1.57 bits per heavy atom. The van der Waals surface area contributed by atoms with Crippen molar-refractivity contribution in [3.8, 4) is 5.75 Å². The van der Waals surface area contributed by atoms with Crippen LogP contribution in [0.4, 0.5) is 5.69 Å². The number of piperidine rings is 1. The first-order chi connectivity index (χ1) is 14.7. The third-order valence-corrected chi connectivity index (χ3v) is 6.50. The van der Waals surface area contributed by atoms with Crippen molar-refractivity contribution in [2.75, 3.05) is 57.8 Å². The van der Waals surface area contributed by atoms with Crippen molar-refractivity contribution in [1.29, 1.82) is 0 Å². The van der Waals surface area contributed by atoms with Gasteiger partial charge in [-0.05, 0) is 68.1 Å². The van der Waals surface area contributed by atoms with E-state index in [-0.39, 0.29) is 5.91 Å². The van der Waals surface area contributed by atoms with Crippen LogP contribution in [0.25, 0.3) is 0 Å². The van der Waals surface area contributed by atoms with E-state index in [4.69, 9.17) is 4.74 Å². The van der Waals surface area contributed by atoms with Crippen molar-refractivity contribution in [1.82, 2.24) is 9.80 Å². The monoisotopic (exact) mass is 407 g/mol. The number of hydrogen-bond donors (Lipinski definition) is 0. The van der Waals surface area contributed by atoms with Crippen molar-refractivity contribution in [3.63, 3.8) is 0 Å². The summed E-state index contributed by atoms with van der Waals surface area (Å²) in [5, 5.41) is 0. The number of anilines is 1. The summed E-state index contributed by atoms with van der Waals surface area (Å²) in [5.41, 5.74) is 2.63. The smallest absolute Gasteiger partial charge is 0.236 e. The standard InChI is InChI=1S/C25H33N3O2/c1-30-24-9-7-23(8-10-24)27-15-17-28(18-16-27)25(29)20-26-13-11-22(12-14-26)19-21-5-3-2-4-6-21/h2-10,22H,11-20H2,1H3. The molecule has 0 bridgehead atoms. The molecule has 2 aromatic carbocycles. The van der Waals surface area contributed by atoms with Gasteiger partial charge in [-0.25, -0.2) is 0 Å². The normalized spacial score (nSPS) is 18.4. The van der Waals surface area contributed by atoms with E-state index >= 15 is 0 Å². The number of methoxy groups -OCH3 is 1. The maximum Gasteiger partial charge on any atom is 0.236 e. The van der Waals surface area contributed by atoms with Crippen LogP contribution in [0.1, 0.15) is 18.4 Å². The van der Waals surface area contributed by atoms with Gasteiger partial charge in [0.1, 0.15) is 5.75 Å². The Labute approximate surface area is 180 Å². The molecule has 0 radical (unpaired) electrons. The minimum Gasteiger partial charge on any atom is -0.497 e.